The van der Waals surface area contributed by atoms with E-state index in [9.17, 15) is 9.90 Å². The van der Waals surface area contributed by atoms with E-state index in [0.717, 1.165) is 0 Å². The second kappa shape index (κ2) is 3.58. The van der Waals surface area contributed by atoms with Crippen LogP contribution in [-0.2, 0) is 5.41 Å². The molecular formula is C13H15NO3. The normalized spacial score (nSPS) is 12.0. The molecule has 0 unspecified atom stereocenters. The summed E-state index contributed by atoms with van der Waals surface area (Å²) in [5.41, 5.74) is 1.61. The summed E-state index contributed by atoms with van der Waals surface area (Å²) >= 11 is 0. The van der Waals surface area contributed by atoms with E-state index < -0.39 is 5.97 Å². The van der Waals surface area contributed by atoms with Gasteiger partial charge in [-0.25, -0.2) is 9.78 Å². The molecule has 0 radical (unpaired) electrons. The molecule has 1 N–H and O–H groups in total. The summed E-state index contributed by atoms with van der Waals surface area (Å²) in [7, 11) is 0. The minimum absolute atomic E-state index is 0.200. The van der Waals surface area contributed by atoms with Crippen LogP contribution >= 0.6 is 0 Å². The van der Waals surface area contributed by atoms with Crippen LogP contribution in [0.15, 0.2) is 16.5 Å². The van der Waals surface area contributed by atoms with E-state index in [-0.39, 0.29) is 11.0 Å². The number of benzene rings is 1. The maximum Gasteiger partial charge on any atom is 0.339 e. The van der Waals surface area contributed by atoms with Gasteiger partial charge < -0.3 is 9.52 Å². The Balaban J connectivity index is 2.78. The Kier molecular flexibility index (Phi) is 2.45. The molecule has 1 aromatic carbocycles. The summed E-state index contributed by atoms with van der Waals surface area (Å²) in [5.74, 6) is -0.426. The first kappa shape index (κ1) is 11.6. The van der Waals surface area contributed by atoms with Crippen LogP contribution in [0.2, 0.25) is 0 Å². The summed E-state index contributed by atoms with van der Waals surface area (Å²) in [5, 5.41) is 9.19. The second-order valence-electron chi connectivity index (χ2n) is 5.18. The van der Waals surface area contributed by atoms with Gasteiger partial charge in [0.25, 0.3) is 0 Å². The Hall–Kier alpha value is -1.84. The minimum atomic E-state index is -0.982. The van der Waals surface area contributed by atoms with Gasteiger partial charge in [-0.3, -0.25) is 0 Å². The number of rotatable bonds is 1. The summed E-state index contributed by atoms with van der Waals surface area (Å²) in [6, 6.07) is 3.54. The summed E-state index contributed by atoms with van der Waals surface area (Å²) in [6.45, 7) is 7.68. The molecule has 0 fully saturated rings. The van der Waals surface area contributed by atoms with E-state index in [4.69, 9.17) is 4.42 Å². The molecule has 0 spiro atoms. The van der Waals surface area contributed by atoms with Crippen molar-refractivity contribution in [2.45, 2.75) is 33.1 Å². The topological polar surface area (TPSA) is 63.3 Å². The maximum atomic E-state index is 11.2. The molecule has 0 saturated carbocycles. The maximum absolute atomic E-state index is 11.2. The molecule has 0 aliphatic rings. The number of fused-ring (bicyclic) bond motifs is 1. The molecule has 0 aliphatic carbocycles. The first-order valence-electron chi connectivity index (χ1n) is 5.44. The molecule has 2 rings (SSSR count). The predicted molar refractivity (Wildman–Crippen MR) is 64.4 cm³/mol. The number of aromatic carboxylic acids is 1. The van der Waals surface area contributed by atoms with Gasteiger partial charge in [0.2, 0.25) is 5.89 Å². The van der Waals surface area contributed by atoms with Gasteiger partial charge in [-0.15, -0.1) is 0 Å². The first-order valence-corrected chi connectivity index (χ1v) is 5.44. The molecule has 1 aromatic heterocycles. The van der Waals surface area contributed by atoms with Crippen LogP contribution in [0.3, 0.4) is 0 Å². The zero-order chi connectivity index (χ0) is 12.8. The fourth-order valence-corrected chi connectivity index (χ4v) is 1.68. The van der Waals surface area contributed by atoms with Gasteiger partial charge in [0.1, 0.15) is 11.1 Å². The average Bonchev–Trinajstić information content (AvgIpc) is 2.59. The standard InChI is InChI=1S/C13H15NO3/c1-7-5-6-8-10(9(7)11(15)16)17-12(14-8)13(2,3)4/h5-6H,1-4H3,(H,15,16). The zero-order valence-corrected chi connectivity index (χ0v) is 10.4. The van der Waals surface area contributed by atoms with Gasteiger partial charge in [-0.05, 0) is 18.6 Å². The van der Waals surface area contributed by atoms with Gasteiger partial charge in [0.05, 0.1) is 0 Å². The molecule has 0 amide bonds. The zero-order valence-electron chi connectivity index (χ0n) is 10.4. The van der Waals surface area contributed by atoms with Crippen molar-refractivity contribution in [3.05, 3.63) is 29.2 Å². The first-order chi connectivity index (χ1) is 7.80. The van der Waals surface area contributed by atoms with Gasteiger partial charge >= 0.3 is 5.97 Å². The molecule has 4 nitrogen and oxygen atoms in total. The molecule has 0 aliphatic heterocycles. The molecule has 1 heterocycles. The number of nitrogens with zero attached hydrogens (tertiary/aromatic N) is 1. The minimum Gasteiger partial charge on any atom is -0.478 e. The van der Waals surface area contributed by atoms with Crippen LogP contribution in [0, 0.1) is 6.92 Å². The third-order valence-electron chi connectivity index (χ3n) is 2.62. The number of aromatic nitrogens is 1. The Labute approximate surface area is 99.3 Å². The van der Waals surface area contributed by atoms with Crippen molar-refractivity contribution in [2.75, 3.05) is 0 Å². The number of carboxylic acid groups (broad SMARTS) is 1. The van der Waals surface area contributed by atoms with Crippen LogP contribution < -0.4 is 0 Å². The quantitative estimate of drug-likeness (QED) is 0.821. The van der Waals surface area contributed by atoms with Gasteiger partial charge in [0.15, 0.2) is 5.58 Å². The molecular weight excluding hydrogens is 218 g/mol. The van der Waals surface area contributed by atoms with E-state index in [1.807, 2.05) is 20.8 Å². The fraction of sp³-hybridized carbons (Fsp3) is 0.385. The van der Waals surface area contributed by atoms with Gasteiger partial charge in [-0.2, -0.15) is 0 Å². The largest absolute Gasteiger partial charge is 0.478 e. The Morgan fingerprint density at radius 2 is 2.00 bits per heavy atom. The fourth-order valence-electron chi connectivity index (χ4n) is 1.68. The summed E-state index contributed by atoms with van der Waals surface area (Å²) in [4.78, 5) is 15.5. The second-order valence-corrected chi connectivity index (χ2v) is 5.18. The van der Waals surface area contributed by atoms with E-state index >= 15 is 0 Å². The van der Waals surface area contributed by atoms with Crippen molar-refractivity contribution in [1.82, 2.24) is 4.98 Å². The highest BCUT2D eigenvalue weighted by molar-refractivity contribution is 6.01. The van der Waals surface area contributed by atoms with E-state index in [1.165, 1.54) is 0 Å². The molecule has 0 bridgehead atoms. The lowest BCUT2D eigenvalue weighted by Gasteiger charge is -2.11. The summed E-state index contributed by atoms with van der Waals surface area (Å²) < 4.78 is 5.61. The smallest absolute Gasteiger partial charge is 0.339 e. The number of hydrogen-bond donors (Lipinski definition) is 1. The van der Waals surface area contributed by atoms with Crippen LogP contribution in [0.5, 0.6) is 0 Å². The predicted octanol–water partition coefficient (Wildman–Crippen LogP) is 3.13. The van der Waals surface area contributed by atoms with Crippen molar-refractivity contribution in [2.24, 2.45) is 0 Å². The van der Waals surface area contributed by atoms with Crippen LogP contribution in [0.1, 0.15) is 42.6 Å². The van der Waals surface area contributed by atoms with E-state index in [2.05, 4.69) is 4.98 Å². The molecule has 17 heavy (non-hydrogen) atoms. The number of hydrogen-bond acceptors (Lipinski definition) is 3. The Bertz CT molecular complexity index is 590. The Morgan fingerprint density at radius 1 is 1.35 bits per heavy atom. The van der Waals surface area contributed by atoms with Crippen LogP contribution in [-0.4, -0.2) is 16.1 Å². The van der Waals surface area contributed by atoms with Crippen molar-refractivity contribution < 1.29 is 14.3 Å². The highest BCUT2D eigenvalue weighted by atomic mass is 16.4. The molecule has 90 valence electrons. The number of oxazole rings is 1. The lowest BCUT2D eigenvalue weighted by molar-refractivity contribution is 0.0697. The van der Waals surface area contributed by atoms with Crippen molar-refractivity contribution in [3.8, 4) is 0 Å². The van der Waals surface area contributed by atoms with Crippen molar-refractivity contribution in [1.29, 1.82) is 0 Å². The third-order valence-corrected chi connectivity index (χ3v) is 2.62. The average molecular weight is 233 g/mol. The number of aryl methyl sites for hydroxylation is 1. The highest BCUT2D eigenvalue weighted by Gasteiger charge is 2.24. The monoisotopic (exact) mass is 233 g/mol. The molecule has 2 aromatic rings. The van der Waals surface area contributed by atoms with Crippen molar-refractivity contribution in [3.63, 3.8) is 0 Å². The molecule has 4 heteroatoms. The van der Waals surface area contributed by atoms with Crippen LogP contribution in [0.25, 0.3) is 11.1 Å². The molecule has 0 saturated heterocycles. The van der Waals surface area contributed by atoms with E-state index in [1.54, 1.807) is 19.1 Å². The third kappa shape index (κ3) is 1.90. The van der Waals surface area contributed by atoms with Gasteiger partial charge in [-0.1, -0.05) is 26.8 Å². The summed E-state index contributed by atoms with van der Waals surface area (Å²) in [6.07, 6.45) is 0. The SMILES string of the molecule is Cc1ccc2nc(C(C)(C)C)oc2c1C(=O)O. The van der Waals surface area contributed by atoms with Gasteiger partial charge in [0, 0.05) is 5.41 Å². The molecule has 0 atom stereocenters. The lowest BCUT2D eigenvalue weighted by Crippen LogP contribution is -2.10. The number of carbonyl (C=O) groups is 1. The van der Waals surface area contributed by atoms with E-state index in [0.29, 0.717) is 22.6 Å². The lowest BCUT2D eigenvalue weighted by atomic mass is 9.97. The van der Waals surface area contributed by atoms with Crippen LogP contribution in [0.4, 0.5) is 0 Å². The van der Waals surface area contributed by atoms with Crippen molar-refractivity contribution >= 4 is 17.1 Å². The number of carboxylic acids is 1. The Morgan fingerprint density at radius 3 is 2.53 bits per heavy atom. The highest BCUT2D eigenvalue weighted by Crippen LogP contribution is 2.29.